The van der Waals surface area contributed by atoms with Gasteiger partial charge in [-0.25, -0.2) is 4.79 Å². The Bertz CT molecular complexity index is 614. The molecule has 0 spiro atoms. The van der Waals surface area contributed by atoms with Gasteiger partial charge in [-0.3, -0.25) is 14.6 Å². The molecule has 0 N–H and O–H groups in total. The van der Waals surface area contributed by atoms with E-state index in [1.54, 1.807) is 21.9 Å². The van der Waals surface area contributed by atoms with Gasteiger partial charge in [0.05, 0.1) is 32.1 Å². The summed E-state index contributed by atoms with van der Waals surface area (Å²) in [4.78, 5) is 30.4. The molecule has 3 aliphatic rings. The molecule has 3 fully saturated rings. The number of fused-ring (bicyclic) bond motifs is 1. The summed E-state index contributed by atoms with van der Waals surface area (Å²) in [5.74, 6) is 0.175. The summed E-state index contributed by atoms with van der Waals surface area (Å²) in [6.45, 7) is 5.97. The van der Waals surface area contributed by atoms with Gasteiger partial charge >= 0.3 is 6.09 Å². The summed E-state index contributed by atoms with van der Waals surface area (Å²) in [5, 5.41) is 0. The lowest BCUT2D eigenvalue weighted by molar-refractivity contribution is 0.0362. The Hall–Kier alpha value is -2.06. The molecule has 3 aliphatic heterocycles. The summed E-state index contributed by atoms with van der Waals surface area (Å²) < 4.78 is 16.0. The van der Waals surface area contributed by atoms with Gasteiger partial charge in [-0.05, 0) is 18.6 Å². The van der Waals surface area contributed by atoms with E-state index in [1.807, 2.05) is 0 Å². The average molecular weight is 349 g/mol. The third-order valence-electron chi connectivity index (χ3n) is 5.12. The highest BCUT2D eigenvalue weighted by atomic mass is 16.6. The van der Waals surface area contributed by atoms with Crippen LogP contribution in [0.15, 0.2) is 22.8 Å². The summed E-state index contributed by atoms with van der Waals surface area (Å²) in [6, 6.07) is 3.29. The van der Waals surface area contributed by atoms with Gasteiger partial charge in [-0.15, -0.1) is 0 Å². The second-order valence-electron chi connectivity index (χ2n) is 6.68. The van der Waals surface area contributed by atoms with Crippen LogP contribution in [0.4, 0.5) is 4.79 Å². The van der Waals surface area contributed by atoms with Crippen molar-refractivity contribution in [2.75, 3.05) is 52.5 Å². The number of morpholine rings is 1. The van der Waals surface area contributed by atoms with Crippen LogP contribution in [-0.2, 0) is 9.47 Å². The Kier molecular flexibility index (Phi) is 4.63. The molecular weight excluding hydrogens is 326 g/mol. The van der Waals surface area contributed by atoms with Crippen LogP contribution in [0.25, 0.3) is 0 Å². The van der Waals surface area contributed by atoms with Crippen LogP contribution in [0.5, 0.6) is 0 Å². The Balaban J connectivity index is 1.31. The first-order valence-corrected chi connectivity index (χ1v) is 8.82. The molecule has 4 rings (SSSR count). The van der Waals surface area contributed by atoms with Gasteiger partial charge in [-0.2, -0.15) is 0 Å². The van der Waals surface area contributed by atoms with Gasteiger partial charge in [0.1, 0.15) is 6.10 Å². The highest BCUT2D eigenvalue weighted by Gasteiger charge is 2.48. The molecule has 0 bridgehead atoms. The largest absolute Gasteiger partial charge is 0.459 e. The molecule has 0 unspecified atom stereocenters. The van der Waals surface area contributed by atoms with Crippen molar-refractivity contribution in [3.8, 4) is 0 Å². The van der Waals surface area contributed by atoms with Crippen LogP contribution in [0, 0.1) is 0 Å². The number of ether oxygens (including phenoxy) is 2. The van der Waals surface area contributed by atoms with Gasteiger partial charge in [-0.1, -0.05) is 0 Å². The highest BCUT2D eigenvalue weighted by Crippen LogP contribution is 2.28. The summed E-state index contributed by atoms with van der Waals surface area (Å²) in [6.07, 6.45) is 1.88. The summed E-state index contributed by atoms with van der Waals surface area (Å²) in [5.41, 5.74) is 0. The molecule has 1 aromatic heterocycles. The van der Waals surface area contributed by atoms with E-state index in [2.05, 4.69) is 4.90 Å². The summed E-state index contributed by atoms with van der Waals surface area (Å²) >= 11 is 0. The standard InChI is InChI=1S/C17H23N3O5/c21-16(14-3-1-8-24-14)19-11-13-15(12-19)25-17(22)20(13)5-2-4-18-6-9-23-10-7-18/h1,3,8,13,15H,2,4-7,9-12H2/t13-,15+/m1/s1. The zero-order chi connectivity index (χ0) is 17.2. The predicted octanol–water partition coefficient (Wildman–Crippen LogP) is 0.647. The van der Waals surface area contributed by atoms with Crippen molar-refractivity contribution in [3.05, 3.63) is 24.2 Å². The maximum absolute atomic E-state index is 12.4. The van der Waals surface area contributed by atoms with Gasteiger partial charge < -0.3 is 18.8 Å². The molecule has 0 aliphatic carbocycles. The van der Waals surface area contributed by atoms with Crippen molar-refractivity contribution < 1.29 is 23.5 Å². The number of furan rings is 1. The maximum Gasteiger partial charge on any atom is 0.410 e. The number of hydrogen-bond acceptors (Lipinski definition) is 6. The number of hydrogen-bond donors (Lipinski definition) is 0. The number of carbonyl (C=O) groups is 2. The van der Waals surface area contributed by atoms with Gasteiger partial charge in [0, 0.05) is 32.7 Å². The van der Waals surface area contributed by atoms with Crippen molar-refractivity contribution in [2.45, 2.75) is 18.6 Å². The maximum atomic E-state index is 12.4. The van der Waals surface area contributed by atoms with Crippen LogP contribution in [0.2, 0.25) is 0 Å². The first-order valence-electron chi connectivity index (χ1n) is 8.82. The number of nitrogens with zero attached hydrogens (tertiary/aromatic N) is 3. The molecule has 4 heterocycles. The fourth-order valence-corrected chi connectivity index (χ4v) is 3.77. The third-order valence-corrected chi connectivity index (χ3v) is 5.12. The van der Waals surface area contributed by atoms with Gasteiger partial charge in [0.15, 0.2) is 5.76 Å². The first kappa shape index (κ1) is 16.4. The van der Waals surface area contributed by atoms with Crippen LogP contribution >= 0.6 is 0 Å². The minimum Gasteiger partial charge on any atom is -0.459 e. The molecule has 2 atom stereocenters. The molecule has 1 aromatic rings. The Morgan fingerprint density at radius 2 is 2.04 bits per heavy atom. The zero-order valence-electron chi connectivity index (χ0n) is 14.1. The number of amides is 2. The van der Waals surface area contributed by atoms with Crippen molar-refractivity contribution in [1.82, 2.24) is 14.7 Å². The Morgan fingerprint density at radius 3 is 2.80 bits per heavy atom. The van der Waals surface area contributed by atoms with Crippen LogP contribution < -0.4 is 0 Å². The lowest BCUT2D eigenvalue weighted by atomic mass is 10.2. The average Bonchev–Trinajstić information content (AvgIpc) is 3.33. The normalized spacial score (nSPS) is 26.8. The third kappa shape index (κ3) is 3.36. The lowest BCUT2D eigenvalue weighted by Crippen LogP contribution is -2.42. The van der Waals surface area contributed by atoms with E-state index in [9.17, 15) is 9.59 Å². The molecule has 2 amide bonds. The minimum absolute atomic E-state index is 0.0592. The Morgan fingerprint density at radius 1 is 1.20 bits per heavy atom. The van der Waals surface area contributed by atoms with E-state index in [-0.39, 0.29) is 24.1 Å². The van der Waals surface area contributed by atoms with Crippen molar-refractivity contribution in [2.24, 2.45) is 0 Å². The van der Waals surface area contributed by atoms with Crippen LogP contribution in [0.1, 0.15) is 17.0 Å². The van der Waals surface area contributed by atoms with Gasteiger partial charge in [0.2, 0.25) is 0 Å². The molecule has 0 saturated carbocycles. The molecule has 8 nitrogen and oxygen atoms in total. The molecule has 136 valence electrons. The second-order valence-corrected chi connectivity index (χ2v) is 6.68. The lowest BCUT2D eigenvalue weighted by Gasteiger charge is -2.28. The quantitative estimate of drug-likeness (QED) is 0.777. The van der Waals surface area contributed by atoms with E-state index in [4.69, 9.17) is 13.9 Å². The minimum atomic E-state index is -0.262. The SMILES string of the molecule is O=C(c1ccco1)N1C[C@@H]2OC(=O)N(CCCN3CCOCC3)[C@@H]2C1. The number of rotatable bonds is 5. The zero-order valence-corrected chi connectivity index (χ0v) is 14.1. The topological polar surface area (TPSA) is 75.5 Å². The van der Waals surface area contributed by atoms with Crippen molar-refractivity contribution in [3.63, 3.8) is 0 Å². The number of carbonyl (C=O) groups excluding carboxylic acids is 2. The molecular formula is C17H23N3O5. The molecule has 0 radical (unpaired) electrons. The Labute approximate surface area is 146 Å². The van der Waals surface area contributed by atoms with Crippen LogP contribution in [-0.4, -0.2) is 91.3 Å². The van der Waals surface area contributed by atoms with E-state index in [1.165, 1.54) is 6.26 Å². The van der Waals surface area contributed by atoms with E-state index in [0.717, 1.165) is 39.3 Å². The molecule has 3 saturated heterocycles. The highest BCUT2D eigenvalue weighted by molar-refractivity contribution is 5.92. The monoisotopic (exact) mass is 349 g/mol. The van der Waals surface area contributed by atoms with E-state index >= 15 is 0 Å². The van der Waals surface area contributed by atoms with Crippen LogP contribution in [0.3, 0.4) is 0 Å². The first-order chi connectivity index (χ1) is 12.2. The van der Waals surface area contributed by atoms with Gasteiger partial charge in [0.25, 0.3) is 5.91 Å². The summed E-state index contributed by atoms with van der Waals surface area (Å²) in [7, 11) is 0. The van der Waals surface area contributed by atoms with E-state index in [0.29, 0.717) is 25.4 Å². The fourth-order valence-electron chi connectivity index (χ4n) is 3.77. The molecule has 0 aromatic carbocycles. The second kappa shape index (κ2) is 7.05. The fraction of sp³-hybridized carbons (Fsp3) is 0.647. The number of likely N-dealkylation sites (tertiary alicyclic amines) is 1. The molecule has 8 heteroatoms. The van der Waals surface area contributed by atoms with Crippen molar-refractivity contribution >= 4 is 12.0 Å². The van der Waals surface area contributed by atoms with E-state index < -0.39 is 0 Å². The smallest absolute Gasteiger partial charge is 0.410 e. The molecule has 25 heavy (non-hydrogen) atoms. The predicted molar refractivity (Wildman–Crippen MR) is 87.3 cm³/mol. The van der Waals surface area contributed by atoms with Crippen molar-refractivity contribution in [1.29, 1.82) is 0 Å².